The highest BCUT2D eigenvalue weighted by Crippen LogP contribution is 2.20. The highest BCUT2D eigenvalue weighted by molar-refractivity contribution is 5.30. The highest BCUT2D eigenvalue weighted by atomic mass is 16.3. The van der Waals surface area contributed by atoms with Gasteiger partial charge >= 0.3 is 0 Å². The highest BCUT2D eigenvalue weighted by Gasteiger charge is 2.16. The second kappa shape index (κ2) is 2.64. The molecule has 1 N–H and O–H groups in total. The van der Waals surface area contributed by atoms with Gasteiger partial charge < -0.3 is 0 Å². The lowest BCUT2D eigenvalue weighted by molar-refractivity contribution is 0.0529. The van der Waals surface area contributed by atoms with Crippen LogP contribution < -0.4 is 5.32 Å². The van der Waals surface area contributed by atoms with E-state index in [9.17, 15) is 5.11 Å². The van der Waals surface area contributed by atoms with Crippen LogP contribution in [0.5, 0.6) is 0 Å². The van der Waals surface area contributed by atoms with E-state index in [4.69, 9.17) is 0 Å². The van der Waals surface area contributed by atoms with E-state index in [-0.39, 0.29) is 0 Å². The average Bonchev–Trinajstić information content (AvgIpc) is 2.06. The minimum Gasteiger partial charge on any atom is -0.285 e. The second-order valence-electron chi connectivity index (χ2n) is 2.78. The minimum absolute atomic E-state index is 0.708. The molecule has 0 fully saturated rings. The molecule has 0 aromatic heterocycles. The van der Waals surface area contributed by atoms with Crippen molar-refractivity contribution in [3.63, 3.8) is 0 Å². The summed E-state index contributed by atoms with van der Waals surface area (Å²) in [6, 6.07) is 7.83. The molecule has 2 nitrogen and oxygen atoms in total. The molecule has 1 aliphatic heterocycles. The van der Waals surface area contributed by atoms with Crippen molar-refractivity contribution in [2.24, 2.45) is 0 Å². The lowest BCUT2D eigenvalue weighted by Gasteiger charge is -2.20. The van der Waals surface area contributed by atoms with Crippen molar-refractivity contribution >= 4 is 0 Å². The second-order valence-corrected chi connectivity index (χ2v) is 2.78. The summed E-state index contributed by atoms with van der Waals surface area (Å²) in [7, 11) is 0. The largest absolute Gasteiger partial charge is 0.285 e. The Labute approximate surface area is 65.9 Å². The number of benzene rings is 1. The first kappa shape index (κ1) is 6.83. The number of nitrogens with one attached hydrogen (secondary N) is 1. The normalized spacial score (nSPS) is 22.8. The molecule has 57 valence electrons. The topological polar surface area (TPSA) is 31.9 Å². The lowest BCUT2D eigenvalue weighted by Crippen LogP contribution is -2.28. The summed E-state index contributed by atoms with van der Waals surface area (Å²) in [5, 5.41) is 14.1. The summed E-state index contributed by atoms with van der Waals surface area (Å²) in [6.45, 7) is 0.811. The van der Waals surface area contributed by atoms with Crippen LogP contribution >= 0.6 is 0 Å². The number of hydrogen-bond acceptors (Lipinski definition) is 1. The van der Waals surface area contributed by atoms with Crippen LogP contribution in [0.2, 0.25) is 0 Å². The minimum atomic E-state index is -0.708. The Balaban J connectivity index is 2.44. The monoisotopic (exact) mass is 148 g/mol. The fourth-order valence-corrected chi connectivity index (χ4v) is 1.47. The van der Waals surface area contributed by atoms with E-state index in [0.29, 0.717) is 0 Å². The Morgan fingerprint density at radius 2 is 2.18 bits per heavy atom. The third-order valence-electron chi connectivity index (χ3n) is 2.06. The predicted molar refractivity (Wildman–Crippen MR) is 41.6 cm³/mol. The van der Waals surface area contributed by atoms with Crippen LogP contribution in [0.15, 0.2) is 24.3 Å². The van der Waals surface area contributed by atoms with Crippen molar-refractivity contribution in [3.8, 4) is 0 Å². The van der Waals surface area contributed by atoms with E-state index >= 15 is 0 Å². The number of rotatable bonds is 0. The molecule has 1 aliphatic rings. The van der Waals surface area contributed by atoms with Gasteiger partial charge in [-0.25, -0.2) is 5.11 Å². The smallest absolute Gasteiger partial charge is 0.169 e. The first-order chi connectivity index (χ1) is 5.38. The SMILES string of the molecule is [O]C1NCCc2ccccc21. The Morgan fingerprint density at radius 1 is 1.36 bits per heavy atom. The van der Waals surface area contributed by atoms with E-state index < -0.39 is 6.23 Å². The molecule has 1 aromatic rings. The molecule has 1 radical (unpaired) electrons. The van der Waals surface area contributed by atoms with E-state index in [1.807, 2.05) is 24.3 Å². The standard InChI is InChI=1S/C9H10NO/c11-9-8-4-2-1-3-7(8)5-6-10-9/h1-4,9-10H,5-6H2. The quantitative estimate of drug-likeness (QED) is 0.590. The van der Waals surface area contributed by atoms with Gasteiger partial charge in [0.2, 0.25) is 0 Å². The zero-order valence-corrected chi connectivity index (χ0v) is 6.21. The Bertz CT molecular complexity index is 259. The fraction of sp³-hybridized carbons (Fsp3) is 0.333. The molecular formula is C9H10NO. The van der Waals surface area contributed by atoms with Crippen LogP contribution in [0.25, 0.3) is 0 Å². The van der Waals surface area contributed by atoms with Gasteiger partial charge in [0.05, 0.1) is 0 Å². The third kappa shape index (κ3) is 1.15. The molecule has 0 saturated carbocycles. The van der Waals surface area contributed by atoms with Crippen molar-refractivity contribution < 1.29 is 5.11 Å². The molecule has 1 atom stereocenters. The molecule has 0 spiro atoms. The van der Waals surface area contributed by atoms with Crippen molar-refractivity contribution in [3.05, 3.63) is 35.4 Å². The summed E-state index contributed by atoms with van der Waals surface area (Å²) in [4.78, 5) is 0. The van der Waals surface area contributed by atoms with E-state index in [0.717, 1.165) is 18.5 Å². The van der Waals surface area contributed by atoms with Crippen molar-refractivity contribution in [2.75, 3.05) is 6.54 Å². The summed E-state index contributed by atoms with van der Waals surface area (Å²) in [5.41, 5.74) is 2.12. The van der Waals surface area contributed by atoms with Gasteiger partial charge in [0.1, 0.15) is 0 Å². The van der Waals surface area contributed by atoms with Crippen molar-refractivity contribution in [1.82, 2.24) is 5.32 Å². The van der Waals surface area contributed by atoms with Crippen LogP contribution in [0, 0.1) is 0 Å². The average molecular weight is 148 g/mol. The van der Waals surface area contributed by atoms with Gasteiger partial charge in [0.15, 0.2) is 6.23 Å². The summed E-state index contributed by atoms with van der Waals surface area (Å²) >= 11 is 0. The molecule has 2 rings (SSSR count). The molecule has 1 heterocycles. The molecule has 1 unspecified atom stereocenters. The van der Waals surface area contributed by atoms with Crippen molar-refractivity contribution in [2.45, 2.75) is 12.6 Å². The van der Waals surface area contributed by atoms with Crippen molar-refractivity contribution in [1.29, 1.82) is 0 Å². The van der Waals surface area contributed by atoms with Gasteiger partial charge in [0.25, 0.3) is 0 Å². The zero-order chi connectivity index (χ0) is 7.68. The van der Waals surface area contributed by atoms with E-state index in [2.05, 4.69) is 5.32 Å². The van der Waals surface area contributed by atoms with Gasteiger partial charge in [-0.1, -0.05) is 24.3 Å². The Kier molecular flexibility index (Phi) is 1.64. The zero-order valence-electron chi connectivity index (χ0n) is 6.21. The maximum absolute atomic E-state index is 11.3. The molecule has 2 heteroatoms. The van der Waals surface area contributed by atoms with Crippen LogP contribution in [0.1, 0.15) is 17.4 Å². The summed E-state index contributed by atoms with van der Waals surface area (Å²) < 4.78 is 0. The first-order valence-electron chi connectivity index (χ1n) is 3.85. The summed E-state index contributed by atoms with van der Waals surface area (Å²) in [6.07, 6.45) is 0.273. The predicted octanol–water partition coefficient (Wildman–Crippen LogP) is 1.26. The van der Waals surface area contributed by atoms with Crippen LogP contribution in [0.3, 0.4) is 0 Å². The van der Waals surface area contributed by atoms with Crippen LogP contribution in [-0.4, -0.2) is 6.54 Å². The molecule has 0 bridgehead atoms. The molecule has 0 amide bonds. The molecule has 0 aliphatic carbocycles. The Morgan fingerprint density at radius 3 is 3.00 bits per heavy atom. The molecule has 1 aromatic carbocycles. The van der Waals surface area contributed by atoms with Crippen LogP contribution in [0.4, 0.5) is 0 Å². The first-order valence-corrected chi connectivity index (χ1v) is 3.85. The fourth-order valence-electron chi connectivity index (χ4n) is 1.47. The molecular weight excluding hydrogens is 138 g/mol. The van der Waals surface area contributed by atoms with Gasteiger partial charge in [-0.3, -0.25) is 5.32 Å². The molecule has 0 saturated heterocycles. The van der Waals surface area contributed by atoms with Gasteiger partial charge in [-0.05, 0) is 12.0 Å². The Hall–Kier alpha value is -0.860. The summed E-state index contributed by atoms with van der Waals surface area (Å²) in [5.74, 6) is 0. The van der Waals surface area contributed by atoms with Crippen LogP contribution in [-0.2, 0) is 11.5 Å². The maximum Gasteiger partial charge on any atom is 0.169 e. The van der Waals surface area contributed by atoms with E-state index in [1.165, 1.54) is 5.56 Å². The van der Waals surface area contributed by atoms with E-state index in [1.54, 1.807) is 0 Å². The van der Waals surface area contributed by atoms with Gasteiger partial charge in [-0.2, -0.15) is 0 Å². The number of fused-ring (bicyclic) bond motifs is 1. The van der Waals surface area contributed by atoms with Gasteiger partial charge in [0, 0.05) is 12.1 Å². The maximum atomic E-state index is 11.3. The molecule has 11 heavy (non-hydrogen) atoms. The third-order valence-corrected chi connectivity index (χ3v) is 2.06. The number of hydrogen-bond donors (Lipinski definition) is 1. The lowest BCUT2D eigenvalue weighted by atomic mass is 10.0. The van der Waals surface area contributed by atoms with Gasteiger partial charge in [-0.15, -0.1) is 0 Å².